The van der Waals surface area contributed by atoms with Crippen molar-refractivity contribution in [1.82, 2.24) is 8.87 Å². The first-order valence-corrected chi connectivity index (χ1v) is 12.9. The van der Waals surface area contributed by atoms with E-state index in [0.29, 0.717) is 36.5 Å². The number of nitrogens with zero attached hydrogens (tertiary/aromatic N) is 3. The summed E-state index contributed by atoms with van der Waals surface area (Å²) in [5.74, 6) is 0.141. The van der Waals surface area contributed by atoms with Crippen molar-refractivity contribution in [3.63, 3.8) is 0 Å². The van der Waals surface area contributed by atoms with Gasteiger partial charge in [0.2, 0.25) is 10.0 Å². The number of hydrogen-bond acceptors (Lipinski definition) is 5. The summed E-state index contributed by atoms with van der Waals surface area (Å²) in [6.07, 6.45) is 1.07. The number of aryl methyl sites for hydroxylation is 1. The van der Waals surface area contributed by atoms with E-state index in [4.69, 9.17) is 4.74 Å². The predicted molar refractivity (Wildman–Crippen MR) is 124 cm³/mol. The number of hydrogen-bond donors (Lipinski definition) is 0. The quantitative estimate of drug-likeness (QED) is 0.509. The fraction of sp³-hybridized carbons (Fsp3) is 0.333. The van der Waals surface area contributed by atoms with E-state index < -0.39 is 22.0 Å². The van der Waals surface area contributed by atoms with Crippen LogP contribution in [0.4, 0.5) is 0 Å². The van der Waals surface area contributed by atoms with Gasteiger partial charge in [-0.05, 0) is 72.1 Å². The lowest BCUT2D eigenvalue weighted by atomic mass is 10.2. The van der Waals surface area contributed by atoms with Gasteiger partial charge in [-0.15, -0.1) is 0 Å². The van der Waals surface area contributed by atoms with Crippen molar-refractivity contribution in [2.45, 2.75) is 37.2 Å². The van der Waals surface area contributed by atoms with Gasteiger partial charge < -0.3 is 9.30 Å². The molecule has 0 radical (unpaired) electrons. The maximum atomic E-state index is 13.2. The molecule has 164 valence electrons. The Morgan fingerprint density at radius 3 is 2.68 bits per heavy atom. The summed E-state index contributed by atoms with van der Waals surface area (Å²) in [7, 11) is -2.29. The van der Waals surface area contributed by atoms with Crippen LogP contribution in [-0.2, 0) is 21.4 Å². The zero-order chi connectivity index (χ0) is 22.2. The second-order valence-corrected chi connectivity index (χ2v) is 10.9. The van der Waals surface area contributed by atoms with Crippen molar-refractivity contribution < 1.29 is 17.9 Å². The first-order valence-electron chi connectivity index (χ1n) is 9.89. The molecule has 10 heteroatoms. The van der Waals surface area contributed by atoms with Crippen LogP contribution in [0, 0.1) is 0 Å². The highest BCUT2D eigenvalue weighted by Gasteiger charge is 2.39. The van der Waals surface area contributed by atoms with Gasteiger partial charge in [-0.1, -0.05) is 17.4 Å². The molecule has 1 atom stereocenters. The Hall–Kier alpha value is -2.01. The number of carbonyl (C=O) groups excluding carboxylic acids is 1. The Bertz CT molecular complexity index is 1300. The van der Waals surface area contributed by atoms with Crippen molar-refractivity contribution in [1.29, 1.82) is 0 Å². The Kier molecular flexibility index (Phi) is 6.34. The number of aromatic nitrogens is 1. The SMILES string of the molecule is CCn1c(=NC(=O)C2CCCN2S(=O)(=O)c2ccc(OC)cc2)sc2cccc(Br)c21. The standard InChI is InChI=1S/C21H22BrN3O4S2/c1-3-24-19-16(22)6-4-8-18(19)30-21(24)23-20(26)17-7-5-13-25(17)31(27,28)15-11-9-14(29-2)10-12-15/h4,6,8-12,17H,3,5,7,13H2,1-2H3. The lowest BCUT2D eigenvalue weighted by molar-refractivity contribution is -0.121. The lowest BCUT2D eigenvalue weighted by Crippen LogP contribution is -2.40. The first kappa shape index (κ1) is 22.2. The van der Waals surface area contributed by atoms with Gasteiger partial charge in [-0.3, -0.25) is 4.79 Å². The van der Waals surface area contributed by atoms with Gasteiger partial charge in [0, 0.05) is 17.6 Å². The number of thiazole rings is 1. The second kappa shape index (κ2) is 8.85. The number of ether oxygens (including phenoxy) is 1. The number of halogens is 1. The summed E-state index contributed by atoms with van der Waals surface area (Å²) in [4.78, 5) is 18.2. The van der Waals surface area contributed by atoms with Crippen LogP contribution in [0.2, 0.25) is 0 Å². The molecule has 1 saturated heterocycles. The highest BCUT2D eigenvalue weighted by molar-refractivity contribution is 9.10. The molecule has 7 nitrogen and oxygen atoms in total. The van der Waals surface area contributed by atoms with Crippen molar-refractivity contribution in [2.24, 2.45) is 4.99 Å². The number of carbonyl (C=O) groups is 1. The molecule has 1 unspecified atom stereocenters. The summed E-state index contributed by atoms with van der Waals surface area (Å²) in [6, 6.07) is 11.3. The molecule has 3 aromatic rings. The molecule has 4 rings (SSSR count). The van der Waals surface area contributed by atoms with Crippen LogP contribution in [-0.4, -0.2) is 42.9 Å². The monoisotopic (exact) mass is 523 g/mol. The van der Waals surface area contributed by atoms with E-state index in [1.54, 1.807) is 12.1 Å². The van der Waals surface area contributed by atoms with Gasteiger partial charge >= 0.3 is 0 Å². The predicted octanol–water partition coefficient (Wildman–Crippen LogP) is 3.77. The number of rotatable bonds is 5. The highest BCUT2D eigenvalue weighted by Crippen LogP contribution is 2.29. The van der Waals surface area contributed by atoms with Crippen LogP contribution in [0.5, 0.6) is 5.75 Å². The third-order valence-corrected chi connectivity index (χ3v) is 8.93. The Morgan fingerprint density at radius 2 is 2.00 bits per heavy atom. The minimum Gasteiger partial charge on any atom is -0.497 e. The third kappa shape index (κ3) is 4.09. The van der Waals surface area contributed by atoms with Crippen molar-refractivity contribution in [3.05, 3.63) is 51.7 Å². The molecule has 0 bridgehead atoms. The van der Waals surface area contributed by atoms with Crippen LogP contribution in [0.3, 0.4) is 0 Å². The van der Waals surface area contributed by atoms with Gasteiger partial charge in [0.25, 0.3) is 5.91 Å². The molecule has 1 fully saturated rings. The van der Waals surface area contributed by atoms with E-state index in [0.717, 1.165) is 14.7 Å². The topological polar surface area (TPSA) is 81.0 Å². The van der Waals surface area contributed by atoms with E-state index in [1.165, 1.54) is 34.9 Å². The summed E-state index contributed by atoms with van der Waals surface area (Å²) in [5, 5.41) is 0. The maximum absolute atomic E-state index is 13.2. The summed E-state index contributed by atoms with van der Waals surface area (Å²) < 4.78 is 36.7. The second-order valence-electron chi connectivity index (χ2n) is 7.11. The zero-order valence-electron chi connectivity index (χ0n) is 17.1. The number of methoxy groups -OCH3 is 1. The van der Waals surface area contributed by atoms with Gasteiger partial charge in [-0.25, -0.2) is 8.42 Å². The Balaban J connectivity index is 1.70. The number of benzene rings is 2. The van der Waals surface area contributed by atoms with Gasteiger partial charge in [0.1, 0.15) is 11.8 Å². The number of para-hydroxylation sites is 1. The number of fused-ring (bicyclic) bond motifs is 1. The smallest absolute Gasteiger partial charge is 0.266 e. The largest absolute Gasteiger partial charge is 0.497 e. The summed E-state index contributed by atoms with van der Waals surface area (Å²) >= 11 is 4.99. The van der Waals surface area contributed by atoms with Crippen molar-refractivity contribution in [3.8, 4) is 5.75 Å². The molecule has 0 aliphatic carbocycles. The van der Waals surface area contributed by atoms with E-state index in [1.807, 2.05) is 29.7 Å². The van der Waals surface area contributed by atoms with E-state index in [9.17, 15) is 13.2 Å². The maximum Gasteiger partial charge on any atom is 0.266 e. The summed E-state index contributed by atoms with van der Waals surface area (Å²) in [6.45, 7) is 2.93. The summed E-state index contributed by atoms with van der Waals surface area (Å²) in [5.41, 5.74) is 0.982. The average molecular weight is 524 g/mol. The van der Waals surface area contributed by atoms with Crippen LogP contribution >= 0.6 is 27.3 Å². The van der Waals surface area contributed by atoms with Crippen LogP contribution < -0.4 is 9.54 Å². The molecule has 1 aliphatic rings. The molecule has 1 aliphatic heterocycles. The molecule has 0 N–H and O–H groups in total. The zero-order valence-corrected chi connectivity index (χ0v) is 20.3. The molecule has 0 saturated carbocycles. The van der Waals surface area contributed by atoms with Gasteiger partial charge in [-0.2, -0.15) is 9.30 Å². The van der Waals surface area contributed by atoms with Crippen molar-refractivity contribution >= 4 is 53.4 Å². The molecule has 0 spiro atoms. The van der Waals surface area contributed by atoms with E-state index >= 15 is 0 Å². The fourth-order valence-electron chi connectivity index (χ4n) is 3.79. The molecule has 2 heterocycles. The molecule has 31 heavy (non-hydrogen) atoms. The molecule has 1 aromatic heterocycles. The minimum absolute atomic E-state index is 0.141. The van der Waals surface area contributed by atoms with Gasteiger partial charge in [0.05, 0.1) is 22.2 Å². The molecular formula is C21H22BrN3O4S2. The highest BCUT2D eigenvalue weighted by atomic mass is 79.9. The molecule has 2 aromatic carbocycles. The first-order chi connectivity index (χ1) is 14.9. The average Bonchev–Trinajstić information content (AvgIpc) is 3.39. The number of amides is 1. The minimum atomic E-state index is -3.81. The van der Waals surface area contributed by atoms with Crippen LogP contribution in [0.1, 0.15) is 19.8 Å². The Morgan fingerprint density at radius 1 is 1.26 bits per heavy atom. The molecule has 1 amide bonds. The fourth-order valence-corrected chi connectivity index (χ4v) is 7.28. The van der Waals surface area contributed by atoms with Crippen LogP contribution in [0.25, 0.3) is 10.2 Å². The van der Waals surface area contributed by atoms with Crippen molar-refractivity contribution in [2.75, 3.05) is 13.7 Å². The number of sulfonamides is 1. The van der Waals surface area contributed by atoms with E-state index in [-0.39, 0.29) is 4.90 Å². The van der Waals surface area contributed by atoms with Gasteiger partial charge in [0.15, 0.2) is 4.80 Å². The lowest BCUT2D eigenvalue weighted by Gasteiger charge is -2.21. The Labute approximate surface area is 193 Å². The molecular weight excluding hydrogens is 502 g/mol. The van der Waals surface area contributed by atoms with Crippen LogP contribution in [0.15, 0.2) is 56.8 Å². The van der Waals surface area contributed by atoms with E-state index in [2.05, 4.69) is 20.9 Å². The normalized spacial score (nSPS) is 18.0. The third-order valence-electron chi connectivity index (χ3n) is 5.33.